The highest BCUT2D eigenvalue weighted by atomic mass is 35.5. The first-order chi connectivity index (χ1) is 12.7. The molecule has 1 saturated heterocycles. The average molecular weight is 390 g/mol. The van der Waals surface area contributed by atoms with Gasteiger partial charge in [0.05, 0.1) is 22.5 Å². The molecular weight excluding hydrogens is 366 g/mol. The van der Waals surface area contributed by atoms with Crippen molar-refractivity contribution in [1.82, 2.24) is 14.7 Å². The van der Waals surface area contributed by atoms with Crippen LogP contribution in [-0.2, 0) is 10.3 Å². The lowest BCUT2D eigenvalue weighted by molar-refractivity contribution is -0.137. The van der Waals surface area contributed by atoms with Crippen molar-refractivity contribution in [2.45, 2.75) is 51.6 Å². The number of hydrogen-bond acceptors (Lipinski definition) is 3. The van der Waals surface area contributed by atoms with Crippen LogP contribution in [0.5, 0.6) is 0 Å². The van der Waals surface area contributed by atoms with Gasteiger partial charge in [-0.2, -0.15) is 5.10 Å². The number of nitrogens with zero attached hydrogens (tertiary/aromatic N) is 3. The number of halogens is 1. The second kappa shape index (κ2) is 7.35. The summed E-state index contributed by atoms with van der Waals surface area (Å²) in [5.74, 6) is -1.08. The third-order valence-electron chi connectivity index (χ3n) is 4.81. The maximum absolute atomic E-state index is 13.3. The molecule has 27 heavy (non-hydrogen) atoms. The summed E-state index contributed by atoms with van der Waals surface area (Å²) in [5.41, 5.74) is 1.37. The summed E-state index contributed by atoms with van der Waals surface area (Å²) in [7, 11) is 0. The van der Waals surface area contributed by atoms with E-state index in [4.69, 9.17) is 16.7 Å². The van der Waals surface area contributed by atoms with Crippen LogP contribution in [0, 0.1) is 0 Å². The lowest BCUT2D eigenvalue weighted by atomic mass is 10.1. The standard InChI is InChI=1S/C20H24ClN3O3/c1-20(2,3)24-12-15(18(22-24)14-8-4-5-9-16(14)21)19(27)23-10-6-7-13(23)11-17(25)26/h4-5,8-9,12-13H,6-7,10-11H2,1-3H3,(H,25,26). The molecule has 1 amide bonds. The highest BCUT2D eigenvalue weighted by molar-refractivity contribution is 6.33. The van der Waals surface area contributed by atoms with Gasteiger partial charge in [0.1, 0.15) is 5.69 Å². The Morgan fingerprint density at radius 2 is 2.00 bits per heavy atom. The van der Waals surface area contributed by atoms with E-state index in [-0.39, 0.29) is 23.9 Å². The molecule has 0 radical (unpaired) electrons. The number of likely N-dealkylation sites (tertiary alicyclic amines) is 1. The summed E-state index contributed by atoms with van der Waals surface area (Å²) < 4.78 is 1.77. The zero-order chi connectivity index (χ0) is 19.8. The Morgan fingerprint density at radius 1 is 1.30 bits per heavy atom. The monoisotopic (exact) mass is 389 g/mol. The van der Waals surface area contributed by atoms with Gasteiger partial charge in [0, 0.05) is 24.3 Å². The molecule has 1 fully saturated rings. The number of aliphatic carboxylic acids is 1. The van der Waals surface area contributed by atoms with Crippen LogP contribution in [0.1, 0.15) is 50.4 Å². The normalized spacial score (nSPS) is 17.3. The van der Waals surface area contributed by atoms with E-state index < -0.39 is 5.97 Å². The summed E-state index contributed by atoms with van der Waals surface area (Å²) in [5, 5.41) is 14.3. The van der Waals surface area contributed by atoms with Crippen molar-refractivity contribution >= 4 is 23.5 Å². The van der Waals surface area contributed by atoms with E-state index in [2.05, 4.69) is 5.10 Å². The van der Waals surface area contributed by atoms with Gasteiger partial charge in [-0.1, -0.05) is 29.8 Å². The van der Waals surface area contributed by atoms with Crippen molar-refractivity contribution in [3.63, 3.8) is 0 Å². The minimum absolute atomic E-state index is 0.0411. The molecule has 7 heteroatoms. The molecule has 0 saturated carbocycles. The topological polar surface area (TPSA) is 75.4 Å². The fraction of sp³-hybridized carbons (Fsp3) is 0.450. The minimum Gasteiger partial charge on any atom is -0.481 e. The first-order valence-corrected chi connectivity index (χ1v) is 9.44. The Kier molecular flexibility index (Phi) is 5.29. The molecule has 1 unspecified atom stereocenters. The van der Waals surface area contributed by atoms with Crippen LogP contribution in [-0.4, -0.2) is 44.3 Å². The van der Waals surface area contributed by atoms with Crippen LogP contribution in [0.15, 0.2) is 30.5 Å². The summed E-state index contributed by atoms with van der Waals surface area (Å²) in [6.45, 7) is 6.58. The molecule has 1 N–H and O–H groups in total. The molecule has 1 aromatic heterocycles. The number of hydrogen-bond donors (Lipinski definition) is 1. The first-order valence-electron chi connectivity index (χ1n) is 9.06. The number of aromatic nitrogens is 2. The molecule has 3 rings (SSSR count). The highest BCUT2D eigenvalue weighted by Gasteiger charge is 2.34. The number of amides is 1. The van der Waals surface area contributed by atoms with E-state index in [1.54, 1.807) is 21.8 Å². The van der Waals surface area contributed by atoms with E-state index in [0.717, 1.165) is 6.42 Å². The van der Waals surface area contributed by atoms with Crippen molar-refractivity contribution in [2.24, 2.45) is 0 Å². The number of rotatable bonds is 4. The number of carboxylic acid groups (broad SMARTS) is 1. The lowest BCUT2D eigenvalue weighted by Gasteiger charge is -2.23. The van der Waals surface area contributed by atoms with Crippen molar-refractivity contribution in [1.29, 1.82) is 0 Å². The van der Waals surface area contributed by atoms with Gasteiger partial charge in [-0.15, -0.1) is 0 Å². The Balaban J connectivity index is 2.06. The Labute approximate surface area is 163 Å². The molecule has 0 aliphatic carbocycles. The molecular formula is C20H24ClN3O3. The second-order valence-corrected chi connectivity index (χ2v) is 8.29. The van der Waals surface area contributed by atoms with Crippen LogP contribution in [0.4, 0.5) is 0 Å². The van der Waals surface area contributed by atoms with Gasteiger partial charge >= 0.3 is 5.97 Å². The Morgan fingerprint density at radius 3 is 2.63 bits per heavy atom. The first kappa shape index (κ1) is 19.4. The predicted octanol–water partition coefficient (Wildman–Crippen LogP) is 4.04. The summed E-state index contributed by atoms with van der Waals surface area (Å²) in [4.78, 5) is 26.1. The van der Waals surface area contributed by atoms with E-state index in [1.807, 2.05) is 39.0 Å². The Hall–Kier alpha value is -2.34. The van der Waals surface area contributed by atoms with Crippen LogP contribution in [0.25, 0.3) is 11.3 Å². The Bertz CT molecular complexity index is 870. The average Bonchev–Trinajstić information content (AvgIpc) is 3.20. The highest BCUT2D eigenvalue weighted by Crippen LogP contribution is 2.33. The van der Waals surface area contributed by atoms with Crippen LogP contribution >= 0.6 is 11.6 Å². The van der Waals surface area contributed by atoms with Crippen molar-refractivity contribution < 1.29 is 14.7 Å². The van der Waals surface area contributed by atoms with Gasteiger partial charge in [0.15, 0.2) is 0 Å². The van der Waals surface area contributed by atoms with Gasteiger partial charge in [0.2, 0.25) is 0 Å². The molecule has 2 heterocycles. The van der Waals surface area contributed by atoms with E-state index in [9.17, 15) is 9.59 Å². The van der Waals surface area contributed by atoms with Gasteiger partial charge in [-0.3, -0.25) is 14.3 Å². The van der Waals surface area contributed by atoms with Crippen molar-refractivity contribution in [3.8, 4) is 11.3 Å². The van der Waals surface area contributed by atoms with E-state index in [1.165, 1.54) is 0 Å². The molecule has 1 aliphatic heterocycles. The minimum atomic E-state index is -0.892. The second-order valence-electron chi connectivity index (χ2n) is 7.88. The molecule has 1 atom stereocenters. The summed E-state index contributed by atoms with van der Waals surface area (Å²) in [6.07, 6.45) is 3.21. The smallest absolute Gasteiger partial charge is 0.305 e. The van der Waals surface area contributed by atoms with Gasteiger partial charge in [-0.05, 0) is 39.7 Å². The van der Waals surface area contributed by atoms with Gasteiger partial charge < -0.3 is 10.0 Å². The van der Waals surface area contributed by atoms with Crippen molar-refractivity contribution in [2.75, 3.05) is 6.54 Å². The molecule has 1 aromatic carbocycles. The molecule has 1 aliphatic rings. The van der Waals surface area contributed by atoms with Crippen LogP contribution in [0.2, 0.25) is 5.02 Å². The number of benzene rings is 1. The third-order valence-corrected chi connectivity index (χ3v) is 5.14. The number of carbonyl (C=O) groups excluding carboxylic acids is 1. The summed E-state index contributed by atoms with van der Waals surface area (Å²) in [6, 6.07) is 7.01. The maximum Gasteiger partial charge on any atom is 0.305 e. The van der Waals surface area contributed by atoms with E-state index >= 15 is 0 Å². The predicted molar refractivity (Wildman–Crippen MR) is 104 cm³/mol. The van der Waals surface area contributed by atoms with Crippen LogP contribution < -0.4 is 0 Å². The zero-order valence-corrected chi connectivity index (χ0v) is 16.5. The van der Waals surface area contributed by atoms with Gasteiger partial charge in [-0.25, -0.2) is 0 Å². The van der Waals surface area contributed by atoms with Gasteiger partial charge in [0.25, 0.3) is 5.91 Å². The SMILES string of the molecule is CC(C)(C)n1cc(C(=O)N2CCCC2CC(=O)O)c(-c2ccccc2Cl)n1. The molecule has 6 nitrogen and oxygen atoms in total. The quantitative estimate of drug-likeness (QED) is 0.856. The fourth-order valence-corrected chi connectivity index (χ4v) is 3.62. The third kappa shape index (κ3) is 4.00. The molecule has 144 valence electrons. The van der Waals surface area contributed by atoms with E-state index in [0.29, 0.717) is 34.8 Å². The zero-order valence-electron chi connectivity index (χ0n) is 15.8. The summed E-state index contributed by atoms with van der Waals surface area (Å²) >= 11 is 6.36. The van der Waals surface area contributed by atoms with Crippen molar-refractivity contribution in [3.05, 3.63) is 41.0 Å². The molecule has 0 bridgehead atoms. The molecule has 2 aromatic rings. The van der Waals surface area contributed by atoms with Crippen LogP contribution in [0.3, 0.4) is 0 Å². The number of carboxylic acids is 1. The fourth-order valence-electron chi connectivity index (χ4n) is 3.40. The maximum atomic E-state index is 13.3. The largest absolute Gasteiger partial charge is 0.481 e. The lowest BCUT2D eigenvalue weighted by Crippen LogP contribution is -2.37. The number of carbonyl (C=O) groups is 2. The molecule has 0 spiro atoms.